The molecule has 6 nitrogen and oxygen atoms in total. The van der Waals surface area contributed by atoms with Crippen molar-refractivity contribution >= 4 is 11.9 Å². The first-order valence-electron chi connectivity index (χ1n) is 9.24. The Morgan fingerprint density at radius 2 is 1.54 bits per heavy atom. The molecule has 0 radical (unpaired) electrons. The van der Waals surface area contributed by atoms with Crippen molar-refractivity contribution in [1.82, 2.24) is 0 Å². The average molecular weight is 364 g/mol. The van der Waals surface area contributed by atoms with E-state index in [-0.39, 0.29) is 30.7 Å². The maximum Gasteiger partial charge on any atom is 0.306 e. The summed E-state index contributed by atoms with van der Waals surface area (Å²) in [6.45, 7) is 5.23. The fourth-order valence-corrected chi connectivity index (χ4v) is 3.18. The zero-order chi connectivity index (χ0) is 18.8. The number of ether oxygens (including phenoxy) is 4. The minimum atomic E-state index is -0.817. The van der Waals surface area contributed by atoms with E-state index in [9.17, 15) is 9.59 Å². The molecule has 0 unspecified atom stereocenters. The van der Waals surface area contributed by atoms with Crippen LogP contribution in [0.25, 0.3) is 0 Å². The molecular formula is C20H28O6. The minimum Gasteiger partial charge on any atom is -0.466 e. The summed E-state index contributed by atoms with van der Waals surface area (Å²) < 4.78 is 21.9. The molecule has 26 heavy (non-hydrogen) atoms. The van der Waals surface area contributed by atoms with E-state index in [4.69, 9.17) is 18.9 Å². The second-order valence-electron chi connectivity index (χ2n) is 6.24. The van der Waals surface area contributed by atoms with Crippen LogP contribution in [0.3, 0.4) is 0 Å². The predicted molar refractivity (Wildman–Crippen MR) is 95.2 cm³/mol. The van der Waals surface area contributed by atoms with Crippen LogP contribution in [0.15, 0.2) is 30.3 Å². The number of rotatable bonds is 10. The molecule has 2 rings (SSSR count). The van der Waals surface area contributed by atoms with Gasteiger partial charge >= 0.3 is 11.9 Å². The lowest BCUT2D eigenvalue weighted by atomic mass is 9.90. The van der Waals surface area contributed by atoms with Crippen LogP contribution < -0.4 is 0 Å². The van der Waals surface area contributed by atoms with E-state index in [2.05, 4.69) is 0 Å². The number of esters is 2. The monoisotopic (exact) mass is 364 g/mol. The molecule has 1 aromatic rings. The Bertz CT molecular complexity index is 545. The molecule has 1 aliphatic rings. The van der Waals surface area contributed by atoms with Gasteiger partial charge in [0.2, 0.25) is 0 Å². The van der Waals surface area contributed by atoms with Gasteiger partial charge in [-0.3, -0.25) is 9.59 Å². The van der Waals surface area contributed by atoms with Gasteiger partial charge in [-0.05, 0) is 26.2 Å². The average Bonchev–Trinajstić information content (AvgIpc) is 3.11. The van der Waals surface area contributed by atoms with Crippen LogP contribution in [0, 0.1) is 5.92 Å². The molecule has 144 valence electrons. The van der Waals surface area contributed by atoms with Crippen molar-refractivity contribution in [2.24, 2.45) is 5.92 Å². The third-order valence-electron chi connectivity index (χ3n) is 4.37. The van der Waals surface area contributed by atoms with Crippen molar-refractivity contribution in [3.63, 3.8) is 0 Å². The second-order valence-corrected chi connectivity index (χ2v) is 6.24. The molecule has 1 aliphatic heterocycles. The van der Waals surface area contributed by atoms with E-state index < -0.39 is 5.79 Å². The van der Waals surface area contributed by atoms with Crippen LogP contribution in [0.5, 0.6) is 0 Å². The normalized spacial score (nSPS) is 15.8. The van der Waals surface area contributed by atoms with E-state index in [1.54, 1.807) is 13.8 Å². The van der Waals surface area contributed by atoms with Gasteiger partial charge in [0.05, 0.1) is 26.4 Å². The number of carbonyl (C=O) groups is 2. The van der Waals surface area contributed by atoms with Crippen LogP contribution in [0.2, 0.25) is 0 Å². The molecule has 1 saturated heterocycles. The lowest BCUT2D eigenvalue weighted by Gasteiger charge is -2.29. The van der Waals surface area contributed by atoms with E-state index in [1.165, 1.54) is 0 Å². The molecule has 0 amide bonds. The molecule has 6 heteroatoms. The topological polar surface area (TPSA) is 71.1 Å². The summed E-state index contributed by atoms with van der Waals surface area (Å²) in [5.74, 6) is -1.60. The van der Waals surface area contributed by atoms with Crippen molar-refractivity contribution in [3.8, 4) is 0 Å². The maximum absolute atomic E-state index is 11.9. The standard InChI is InChI=1S/C20H28O6/c1-3-23-18(21)14-16(15-19(22)24-4-2)10-11-20(25-12-13-26-20)17-8-6-5-7-9-17/h5-9,16H,3-4,10-15H2,1-2H3. The summed E-state index contributed by atoms with van der Waals surface area (Å²) >= 11 is 0. The van der Waals surface area contributed by atoms with Crippen LogP contribution in [-0.4, -0.2) is 38.4 Å². The summed E-state index contributed by atoms with van der Waals surface area (Å²) in [7, 11) is 0. The Morgan fingerprint density at radius 3 is 2.04 bits per heavy atom. The smallest absolute Gasteiger partial charge is 0.306 e. The van der Waals surface area contributed by atoms with Crippen molar-refractivity contribution in [2.45, 2.75) is 45.3 Å². The second kappa shape index (κ2) is 10.3. The van der Waals surface area contributed by atoms with Crippen LogP contribution in [0.1, 0.15) is 45.1 Å². The summed E-state index contributed by atoms with van der Waals surface area (Å²) in [5, 5.41) is 0. The van der Waals surface area contributed by atoms with Crippen molar-refractivity contribution in [2.75, 3.05) is 26.4 Å². The van der Waals surface area contributed by atoms with Gasteiger partial charge in [0.1, 0.15) is 0 Å². The highest BCUT2D eigenvalue weighted by molar-refractivity contribution is 5.73. The first-order chi connectivity index (χ1) is 12.6. The summed E-state index contributed by atoms with van der Waals surface area (Å²) in [6, 6.07) is 9.76. The molecule has 0 N–H and O–H groups in total. The van der Waals surface area contributed by atoms with Gasteiger partial charge in [-0.15, -0.1) is 0 Å². The van der Waals surface area contributed by atoms with Crippen LogP contribution >= 0.6 is 0 Å². The van der Waals surface area contributed by atoms with Crippen molar-refractivity contribution in [1.29, 1.82) is 0 Å². The Hall–Kier alpha value is -1.92. The molecule has 0 atom stereocenters. The first-order valence-corrected chi connectivity index (χ1v) is 9.24. The summed E-state index contributed by atoms with van der Waals surface area (Å²) in [5.41, 5.74) is 0.948. The van der Waals surface area contributed by atoms with Crippen LogP contribution in [-0.2, 0) is 34.3 Å². The largest absolute Gasteiger partial charge is 0.466 e. The molecule has 1 fully saturated rings. The molecule has 0 saturated carbocycles. The third kappa shape index (κ3) is 5.81. The molecule has 1 heterocycles. The zero-order valence-corrected chi connectivity index (χ0v) is 15.6. The summed E-state index contributed by atoms with van der Waals surface area (Å²) in [6.07, 6.45) is 1.50. The van der Waals surface area contributed by atoms with Gasteiger partial charge in [-0.25, -0.2) is 0 Å². The lowest BCUT2D eigenvalue weighted by Crippen LogP contribution is -2.29. The summed E-state index contributed by atoms with van der Waals surface area (Å²) in [4.78, 5) is 23.8. The van der Waals surface area contributed by atoms with Crippen LogP contribution in [0.4, 0.5) is 0 Å². The molecule has 0 bridgehead atoms. The Balaban J connectivity index is 2.05. The van der Waals surface area contributed by atoms with Gasteiger partial charge in [0.25, 0.3) is 0 Å². The van der Waals surface area contributed by atoms with Gasteiger partial charge in [-0.1, -0.05) is 30.3 Å². The number of hydrogen-bond acceptors (Lipinski definition) is 6. The Morgan fingerprint density at radius 1 is 1.00 bits per heavy atom. The number of benzene rings is 1. The molecular weight excluding hydrogens is 336 g/mol. The molecule has 0 aromatic heterocycles. The maximum atomic E-state index is 11.9. The van der Waals surface area contributed by atoms with Gasteiger partial charge in [-0.2, -0.15) is 0 Å². The highest BCUT2D eigenvalue weighted by atomic mass is 16.7. The Labute approximate surface area is 154 Å². The fourth-order valence-electron chi connectivity index (χ4n) is 3.18. The zero-order valence-electron chi connectivity index (χ0n) is 15.6. The molecule has 0 spiro atoms. The number of carbonyl (C=O) groups excluding carboxylic acids is 2. The quantitative estimate of drug-likeness (QED) is 0.594. The van der Waals surface area contributed by atoms with Crippen molar-refractivity contribution in [3.05, 3.63) is 35.9 Å². The van der Waals surface area contributed by atoms with E-state index in [1.807, 2.05) is 30.3 Å². The fraction of sp³-hybridized carbons (Fsp3) is 0.600. The molecule has 1 aromatic carbocycles. The third-order valence-corrected chi connectivity index (χ3v) is 4.37. The van der Waals surface area contributed by atoms with E-state index in [0.717, 1.165) is 5.56 Å². The lowest BCUT2D eigenvalue weighted by molar-refractivity contribution is -0.174. The Kier molecular flexibility index (Phi) is 8.06. The first kappa shape index (κ1) is 20.4. The van der Waals surface area contributed by atoms with E-state index in [0.29, 0.717) is 39.3 Å². The van der Waals surface area contributed by atoms with Crippen molar-refractivity contribution < 1.29 is 28.5 Å². The number of hydrogen-bond donors (Lipinski definition) is 0. The van der Waals surface area contributed by atoms with Gasteiger partial charge in [0, 0.05) is 24.8 Å². The highest BCUT2D eigenvalue weighted by Crippen LogP contribution is 2.37. The predicted octanol–water partition coefficient (Wildman–Crippen LogP) is 3.19. The van der Waals surface area contributed by atoms with E-state index >= 15 is 0 Å². The SMILES string of the molecule is CCOC(=O)CC(CCC1(c2ccccc2)OCCO1)CC(=O)OCC. The molecule has 0 aliphatic carbocycles. The highest BCUT2D eigenvalue weighted by Gasteiger charge is 2.39. The van der Waals surface area contributed by atoms with Gasteiger partial charge < -0.3 is 18.9 Å². The van der Waals surface area contributed by atoms with Gasteiger partial charge in [0.15, 0.2) is 5.79 Å². The minimum absolute atomic E-state index is 0.178.